The van der Waals surface area contributed by atoms with Crippen molar-refractivity contribution in [2.45, 2.75) is 32.0 Å². The molecule has 0 saturated carbocycles. The molecule has 0 spiro atoms. The van der Waals surface area contributed by atoms with Crippen LogP contribution in [0.2, 0.25) is 5.02 Å². The highest BCUT2D eigenvalue weighted by molar-refractivity contribution is 6.30. The smallest absolute Gasteiger partial charge is 0.189 e. The molecule has 0 unspecified atom stereocenters. The normalized spacial score (nSPS) is 19.3. The van der Waals surface area contributed by atoms with Crippen molar-refractivity contribution < 1.29 is 9.47 Å². The highest BCUT2D eigenvalue weighted by Crippen LogP contribution is 2.33. The van der Waals surface area contributed by atoms with E-state index in [9.17, 15) is 0 Å². The summed E-state index contributed by atoms with van der Waals surface area (Å²) in [6, 6.07) is 4.52. The van der Waals surface area contributed by atoms with E-state index in [4.69, 9.17) is 21.1 Å². The molecular formula is C17H20ClN3O2. The Morgan fingerprint density at radius 2 is 2.13 bits per heavy atom. The number of benzene rings is 1. The Morgan fingerprint density at radius 3 is 2.91 bits per heavy atom. The largest absolute Gasteiger partial charge is 0.467 e. The Kier molecular flexibility index (Phi) is 4.25. The van der Waals surface area contributed by atoms with Crippen molar-refractivity contribution in [3.8, 4) is 5.75 Å². The van der Waals surface area contributed by atoms with E-state index in [1.807, 2.05) is 24.7 Å². The van der Waals surface area contributed by atoms with Gasteiger partial charge in [0.1, 0.15) is 5.75 Å². The number of imidazole rings is 1. The van der Waals surface area contributed by atoms with E-state index in [0.717, 1.165) is 54.4 Å². The zero-order valence-corrected chi connectivity index (χ0v) is 13.7. The van der Waals surface area contributed by atoms with E-state index in [1.165, 1.54) is 0 Å². The zero-order chi connectivity index (χ0) is 15.6. The number of ether oxygens (including phenoxy) is 2. The molecule has 1 fully saturated rings. The molecule has 2 aromatic rings. The minimum atomic E-state index is 0.324. The van der Waals surface area contributed by atoms with Gasteiger partial charge in [-0.25, -0.2) is 4.98 Å². The number of halogens is 1. The molecule has 5 nitrogen and oxygen atoms in total. The zero-order valence-electron chi connectivity index (χ0n) is 12.9. The summed E-state index contributed by atoms with van der Waals surface area (Å²) in [5, 5.41) is 0.751. The number of nitrogens with zero attached hydrogens (tertiary/aromatic N) is 3. The summed E-state index contributed by atoms with van der Waals surface area (Å²) >= 11 is 6.25. The third-order valence-electron chi connectivity index (χ3n) is 4.65. The Balaban J connectivity index is 1.44. The van der Waals surface area contributed by atoms with Crippen LogP contribution in [0.5, 0.6) is 5.75 Å². The number of hydrogen-bond donors (Lipinski definition) is 0. The van der Waals surface area contributed by atoms with Crippen molar-refractivity contribution >= 4 is 11.6 Å². The van der Waals surface area contributed by atoms with E-state index < -0.39 is 0 Å². The molecule has 0 bridgehead atoms. The van der Waals surface area contributed by atoms with Crippen LogP contribution < -0.4 is 4.74 Å². The number of hydrogen-bond acceptors (Lipinski definition) is 4. The molecular weight excluding hydrogens is 314 g/mol. The fraction of sp³-hybridized carbons (Fsp3) is 0.471. The first-order chi connectivity index (χ1) is 11.3. The molecule has 1 aromatic carbocycles. The number of aromatic nitrogens is 2. The van der Waals surface area contributed by atoms with Crippen molar-refractivity contribution in [1.82, 2.24) is 14.5 Å². The summed E-state index contributed by atoms with van der Waals surface area (Å²) in [4.78, 5) is 6.62. The van der Waals surface area contributed by atoms with Crippen molar-refractivity contribution in [3.63, 3.8) is 0 Å². The monoisotopic (exact) mass is 333 g/mol. The predicted molar refractivity (Wildman–Crippen MR) is 87.5 cm³/mol. The van der Waals surface area contributed by atoms with Crippen LogP contribution in [0.25, 0.3) is 0 Å². The topological polar surface area (TPSA) is 39.5 Å². The number of rotatable bonds is 3. The standard InChI is InChI=1S/C17H20ClN3O2/c18-15-7-13(17-14(8-15)10-22-12-23-17)9-20-4-1-16(2-5-20)21-6-3-19-11-21/h3,6-8,11,16H,1-2,4-5,9-10,12H2. The second-order valence-corrected chi connectivity index (χ2v) is 6.62. The third-order valence-corrected chi connectivity index (χ3v) is 4.87. The molecule has 0 amide bonds. The lowest BCUT2D eigenvalue weighted by molar-refractivity contribution is -0.0175. The lowest BCUT2D eigenvalue weighted by Gasteiger charge is -2.33. The van der Waals surface area contributed by atoms with Gasteiger partial charge in [0.2, 0.25) is 0 Å². The summed E-state index contributed by atoms with van der Waals surface area (Å²) in [7, 11) is 0. The average molecular weight is 334 g/mol. The van der Waals surface area contributed by atoms with Gasteiger partial charge in [-0.3, -0.25) is 4.90 Å². The van der Waals surface area contributed by atoms with Gasteiger partial charge in [-0.2, -0.15) is 0 Å². The van der Waals surface area contributed by atoms with E-state index in [1.54, 1.807) is 0 Å². The SMILES string of the molecule is Clc1cc2c(c(CN3CCC(n4ccnc4)CC3)c1)OCOC2. The van der Waals surface area contributed by atoms with Crippen LogP contribution in [0.3, 0.4) is 0 Å². The van der Waals surface area contributed by atoms with Crippen molar-refractivity contribution in [3.05, 3.63) is 47.0 Å². The molecule has 0 atom stereocenters. The van der Waals surface area contributed by atoms with Crippen LogP contribution in [-0.4, -0.2) is 34.3 Å². The quantitative estimate of drug-likeness (QED) is 0.864. The number of likely N-dealkylation sites (tertiary alicyclic amines) is 1. The minimum Gasteiger partial charge on any atom is -0.467 e. The van der Waals surface area contributed by atoms with Gasteiger partial charge in [0.15, 0.2) is 6.79 Å². The van der Waals surface area contributed by atoms with Crippen LogP contribution in [0, 0.1) is 0 Å². The van der Waals surface area contributed by atoms with Gasteiger partial charge in [-0.05, 0) is 25.0 Å². The molecule has 2 aliphatic rings. The van der Waals surface area contributed by atoms with Crippen LogP contribution in [-0.2, 0) is 17.9 Å². The average Bonchev–Trinajstić information content (AvgIpc) is 3.10. The van der Waals surface area contributed by atoms with E-state index >= 15 is 0 Å². The molecule has 0 aliphatic carbocycles. The van der Waals surface area contributed by atoms with E-state index in [0.29, 0.717) is 19.4 Å². The molecule has 1 aromatic heterocycles. The first-order valence-corrected chi connectivity index (χ1v) is 8.39. The molecule has 3 heterocycles. The fourth-order valence-corrected chi connectivity index (χ4v) is 3.74. The molecule has 2 aliphatic heterocycles. The van der Waals surface area contributed by atoms with Gasteiger partial charge in [0, 0.05) is 54.2 Å². The molecule has 4 rings (SSSR count). The Morgan fingerprint density at radius 1 is 1.26 bits per heavy atom. The maximum Gasteiger partial charge on any atom is 0.189 e. The summed E-state index contributed by atoms with van der Waals surface area (Å²) in [5.41, 5.74) is 2.21. The Labute approximate surface area is 140 Å². The fourth-order valence-electron chi connectivity index (χ4n) is 3.48. The molecule has 6 heteroatoms. The Hall–Kier alpha value is -1.56. The first-order valence-electron chi connectivity index (χ1n) is 8.01. The minimum absolute atomic E-state index is 0.324. The molecule has 1 saturated heterocycles. The summed E-state index contributed by atoms with van der Waals surface area (Å²) in [6.45, 7) is 3.91. The third kappa shape index (κ3) is 3.22. The van der Waals surface area contributed by atoms with E-state index in [2.05, 4.69) is 20.6 Å². The van der Waals surface area contributed by atoms with Gasteiger partial charge in [-0.15, -0.1) is 0 Å². The maximum absolute atomic E-state index is 6.25. The first kappa shape index (κ1) is 15.0. The van der Waals surface area contributed by atoms with Crippen LogP contribution in [0.4, 0.5) is 0 Å². The summed E-state index contributed by atoms with van der Waals surface area (Å²) in [6.07, 6.45) is 8.11. The molecule has 0 N–H and O–H groups in total. The van der Waals surface area contributed by atoms with Crippen LogP contribution in [0.15, 0.2) is 30.9 Å². The summed E-state index contributed by atoms with van der Waals surface area (Å²) in [5.74, 6) is 0.956. The van der Waals surface area contributed by atoms with Gasteiger partial charge in [0.05, 0.1) is 12.9 Å². The van der Waals surface area contributed by atoms with Gasteiger partial charge in [0.25, 0.3) is 0 Å². The second kappa shape index (κ2) is 6.51. The molecule has 122 valence electrons. The van der Waals surface area contributed by atoms with Gasteiger partial charge in [-0.1, -0.05) is 11.6 Å². The van der Waals surface area contributed by atoms with Gasteiger partial charge < -0.3 is 14.0 Å². The van der Waals surface area contributed by atoms with Crippen LogP contribution in [0.1, 0.15) is 30.0 Å². The molecule has 0 radical (unpaired) electrons. The predicted octanol–water partition coefficient (Wildman–Crippen LogP) is 3.24. The molecule has 23 heavy (non-hydrogen) atoms. The second-order valence-electron chi connectivity index (χ2n) is 6.18. The van der Waals surface area contributed by atoms with Gasteiger partial charge >= 0.3 is 0 Å². The van der Waals surface area contributed by atoms with Crippen LogP contribution >= 0.6 is 11.6 Å². The maximum atomic E-state index is 6.25. The number of piperidine rings is 1. The van der Waals surface area contributed by atoms with E-state index in [-0.39, 0.29) is 0 Å². The van der Waals surface area contributed by atoms with Crippen molar-refractivity contribution in [1.29, 1.82) is 0 Å². The highest BCUT2D eigenvalue weighted by Gasteiger charge is 2.23. The van der Waals surface area contributed by atoms with Crippen molar-refractivity contribution in [2.75, 3.05) is 19.9 Å². The number of fused-ring (bicyclic) bond motifs is 1. The summed E-state index contributed by atoms with van der Waals surface area (Å²) < 4.78 is 13.3. The van der Waals surface area contributed by atoms with Crippen molar-refractivity contribution in [2.24, 2.45) is 0 Å². The lowest BCUT2D eigenvalue weighted by atomic mass is 10.0. The Bertz CT molecular complexity index is 667. The highest BCUT2D eigenvalue weighted by atomic mass is 35.5. The lowest BCUT2D eigenvalue weighted by Crippen LogP contribution is -2.34.